The molecule has 0 aromatic heterocycles. The normalized spacial score (nSPS) is 26.6. The van der Waals surface area contributed by atoms with Crippen LogP contribution in [0.15, 0.2) is 48.5 Å². The molecule has 0 radical (unpaired) electrons. The lowest BCUT2D eigenvalue weighted by Crippen LogP contribution is -2.41. The maximum absolute atomic E-state index is 6.49. The van der Waals surface area contributed by atoms with E-state index in [2.05, 4.69) is 83.1 Å². The Balaban J connectivity index is 1.79. The van der Waals surface area contributed by atoms with Crippen molar-refractivity contribution in [3.8, 4) is 0 Å². The van der Waals surface area contributed by atoms with Gasteiger partial charge in [-0.2, -0.15) is 0 Å². The van der Waals surface area contributed by atoms with Crippen molar-refractivity contribution in [3.05, 3.63) is 70.8 Å². The van der Waals surface area contributed by atoms with Gasteiger partial charge < -0.3 is 9.31 Å². The fraction of sp³-hybridized carbons (Fsp3) is 0.478. The van der Waals surface area contributed by atoms with Crippen LogP contribution in [0.25, 0.3) is 0 Å². The van der Waals surface area contributed by atoms with Crippen LogP contribution in [0.5, 0.6) is 0 Å². The molecule has 2 aliphatic rings. The van der Waals surface area contributed by atoms with E-state index in [1.807, 2.05) is 0 Å². The van der Waals surface area contributed by atoms with Crippen LogP contribution >= 0.6 is 0 Å². The molecule has 1 saturated heterocycles. The van der Waals surface area contributed by atoms with Crippen LogP contribution in [-0.2, 0) is 15.7 Å². The van der Waals surface area contributed by atoms with Gasteiger partial charge >= 0.3 is 7.12 Å². The molecule has 0 amide bonds. The first-order valence-electron chi connectivity index (χ1n) is 9.79. The van der Waals surface area contributed by atoms with Crippen molar-refractivity contribution in [2.45, 2.75) is 70.4 Å². The number of hydrogen-bond acceptors (Lipinski definition) is 2. The van der Waals surface area contributed by atoms with E-state index in [9.17, 15) is 0 Å². The van der Waals surface area contributed by atoms with Crippen molar-refractivity contribution in [2.75, 3.05) is 0 Å². The smallest absolute Gasteiger partial charge is 0.403 e. The maximum Gasteiger partial charge on any atom is 0.462 e. The number of fused-ring (bicyclic) bond motifs is 1. The molecule has 1 fully saturated rings. The Morgan fingerprint density at radius 3 is 2.08 bits per heavy atom. The Morgan fingerprint density at radius 1 is 0.846 bits per heavy atom. The lowest BCUT2D eigenvalue weighted by atomic mass is 9.56. The van der Waals surface area contributed by atoms with E-state index in [1.165, 1.54) is 22.3 Å². The van der Waals surface area contributed by atoms with Crippen LogP contribution in [0.2, 0.25) is 5.82 Å². The minimum absolute atomic E-state index is 0.169. The number of hydrogen-bond donors (Lipinski definition) is 0. The van der Waals surface area contributed by atoms with Gasteiger partial charge in [-0.25, -0.2) is 0 Å². The average Bonchev–Trinajstić information content (AvgIpc) is 2.82. The highest BCUT2D eigenvalue weighted by atomic mass is 16.7. The first kappa shape index (κ1) is 17.8. The number of benzene rings is 2. The summed E-state index contributed by atoms with van der Waals surface area (Å²) in [5, 5.41) is 0. The van der Waals surface area contributed by atoms with Gasteiger partial charge in [0, 0.05) is 11.7 Å². The molecule has 2 aromatic carbocycles. The zero-order valence-electron chi connectivity index (χ0n) is 16.6. The van der Waals surface area contributed by atoms with Crippen LogP contribution in [0.1, 0.15) is 62.3 Å². The summed E-state index contributed by atoms with van der Waals surface area (Å²) in [6, 6.07) is 17.7. The van der Waals surface area contributed by atoms with Crippen LogP contribution in [0, 0.1) is 6.92 Å². The van der Waals surface area contributed by atoms with Crippen LogP contribution in [0.4, 0.5) is 0 Å². The zero-order valence-corrected chi connectivity index (χ0v) is 16.6. The second-order valence-corrected chi connectivity index (χ2v) is 8.86. The third-order valence-corrected chi connectivity index (χ3v) is 6.71. The Hall–Kier alpha value is -1.58. The second-order valence-electron chi connectivity index (χ2n) is 8.86. The third kappa shape index (κ3) is 2.82. The molecule has 0 unspecified atom stereocenters. The van der Waals surface area contributed by atoms with Crippen LogP contribution in [0.3, 0.4) is 0 Å². The second kappa shape index (κ2) is 6.25. The summed E-state index contributed by atoms with van der Waals surface area (Å²) >= 11 is 0. The fourth-order valence-corrected chi connectivity index (χ4v) is 4.48. The van der Waals surface area contributed by atoms with E-state index in [-0.39, 0.29) is 18.3 Å². The first-order chi connectivity index (χ1) is 12.3. The summed E-state index contributed by atoms with van der Waals surface area (Å²) in [5.41, 5.74) is 5.08. The monoisotopic (exact) mass is 348 g/mol. The van der Waals surface area contributed by atoms with E-state index in [1.54, 1.807) is 0 Å². The molecule has 3 heteroatoms. The minimum Gasteiger partial charge on any atom is -0.403 e. The molecule has 0 bridgehead atoms. The van der Waals surface area contributed by atoms with Crippen molar-refractivity contribution >= 4 is 7.12 Å². The Labute approximate surface area is 158 Å². The summed E-state index contributed by atoms with van der Waals surface area (Å²) in [7, 11) is -0.169. The molecular formula is C23H29BO2. The van der Waals surface area contributed by atoms with Gasteiger partial charge in [-0.3, -0.25) is 0 Å². The Kier molecular flexibility index (Phi) is 4.28. The molecule has 2 atom stereocenters. The van der Waals surface area contributed by atoms with Gasteiger partial charge in [0.2, 0.25) is 0 Å². The van der Waals surface area contributed by atoms with Gasteiger partial charge in [0.15, 0.2) is 0 Å². The standard InChI is InChI=1S/C23H29BO2/c1-16-10-6-8-12-18(16)21-19-13-9-7-11-17(19)14-15-20(21)24-25-22(2,3)23(4,5)26-24/h6-13,20-21H,14-15H2,1-5H3/t20-,21-/m0/s1. The van der Waals surface area contributed by atoms with Crippen LogP contribution in [-0.4, -0.2) is 18.3 Å². The fourth-order valence-electron chi connectivity index (χ4n) is 4.48. The minimum atomic E-state index is -0.287. The van der Waals surface area contributed by atoms with Gasteiger partial charge in [0.1, 0.15) is 0 Å². The number of aryl methyl sites for hydroxylation is 2. The van der Waals surface area contributed by atoms with Gasteiger partial charge in [-0.15, -0.1) is 0 Å². The molecule has 0 spiro atoms. The van der Waals surface area contributed by atoms with Crippen molar-refractivity contribution in [1.29, 1.82) is 0 Å². The van der Waals surface area contributed by atoms with Crippen molar-refractivity contribution in [1.82, 2.24) is 0 Å². The predicted molar refractivity (Wildman–Crippen MR) is 108 cm³/mol. The van der Waals surface area contributed by atoms with Gasteiger partial charge in [-0.1, -0.05) is 48.5 Å². The van der Waals surface area contributed by atoms with Gasteiger partial charge in [0.25, 0.3) is 0 Å². The summed E-state index contributed by atoms with van der Waals surface area (Å²) in [5.74, 6) is 0.642. The predicted octanol–water partition coefficient (Wildman–Crippen LogP) is 5.54. The lowest BCUT2D eigenvalue weighted by molar-refractivity contribution is 0.00578. The topological polar surface area (TPSA) is 18.5 Å². The summed E-state index contributed by atoms with van der Waals surface area (Å²) in [4.78, 5) is 0. The van der Waals surface area contributed by atoms with Crippen molar-refractivity contribution in [2.24, 2.45) is 0 Å². The number of rotatable bonds is 2. The van der Waals surface area contributed by atoms with Gasteiger partial charge in [-0.05, 0) is 69.7 Å². The summed E-state index contributed by atoms with van der Waals surface area (Å²) in [6.45, 7) is 10.8. The first-order valence-corrected chi connectivity index (χ1v) is 9.79. The lowest BCUT2D eigenvalue weighted by Gasteiger charge is -2.36. The molecule has 2 aromatic rings. The van der Waals surface area contributed by atoms with Gasteiger partial charge in [0.05, 0.1) is 11.2 Å². The van der Waals surface area contributed by atoms with E-state index in [0.717, 1.165) is 12.8 Å². The Bertz CT molecular complexity index is 795. The summed E-state index contributed by atoms with van der Waals surface area (Å²) < 4.78 is 13.0. The molecule has 1 aliphatic carbocycles. The molecular weight excluding hydrogens is 319 g/mol. The summed E-state index contributed by atoms with van der Waals surface area (Å²) in [6.07, 6.45) is 2.18. The van der Waals surface area contributed by atoms with Crippen molar-refractivity contribution in [3.63, 3.8) is 0 Å². The quantitative estimate of drug-likeness (QED) is 0.664. The average molecular weight is 348 g/mol. The molecule has 2 nitrogen and oxygen atoms in total. The zero-order chi connectivity index (χ0) is 18.5. The molecule has 136 valence electrons. The molecule has 0 N–H and O–H groups in total. The van der Waals surface area contributed by atoms with E-state index < -0.39 is 0 Å². The molecule has 4 rings (SSSR count). The SMILES string of the molecule is Cc1ccccc1[C@H]1c2ccccc2CC[C@@H]1B1OC(C)(C)C(C)(C)O1. The highest BCUT2D eigenvalue weighted by Gasteiger charge is 2.55. The highest BCUT2D eigenvalue weighted by Crippen LogP contribution is 2.51. The third-order valence-electron chi connectivity index (χ3n) is 6.71. The molecule has 1 heterocycles. The molecule has 26 heavy (non-hydrogen) atoms. The van der Waals surface area contributed by atoms with E-state index in [0.29, 0.717) is 11.7 Å². The Morgan fingerprint density at radius 2 is 1.42 bits per heavy atom. The highest BCUT2D eigenvalue weighted by molar-refractivity contribution is 6.48. The molecule has 0 saturated carbocycles. The molecule has 1 aliphatic heterocycles. The van der Waals surface area contributed by atoms with E-state index >= 15 is 0 Å². The van der Waals surface area contributed by atoms with Crippen molar-refractivity contribution < 1.29 is 9.31 Å². The van der Waals surface area contributed by atoms with E-state index in [4.69, 9.17) is 9.31 Å². The van der Waals surface area contributed by atoms with Crippen LogP contribution < -0.4 is 0 Å². The largest absolute Gasteiger partial charge is 0.462 e. The maximum atomic E-state index is 6.49.